The lowest BCUT2D eigenvalue weighted by molar-refractivity contribution is -0.116. The van der Waals surface area contributed by atoms with Crippen LogP contribution in [0.5, 0.6) is 0 Å². The van der Waals surface area contributed by atoms with Gasteiger partial charge in [0.25, 0.3) is 0 Å². The van der Waals surface area contributed by atoms with E-state index in [1.807, 2.05) is 36.4 Å². The molecule has 0 spiro atoms. The number of carbonyl (C=O) groups excluding carboxylic acids is 2. The van der Waals surface area contributed by atoms with Crippen LogP contribution in [0.15, 0.2) is 42.5 Å². The summed E-state index contributed by atoms with van der Waals surface area (Å²) in [6.45, 7) is 0. The van der Waals surface area contributed by atoms with Gasteiger partial charge in [-0.3, -0.25) is 9.59 Å². The van der Waals surface area contributed by atoms with E-state index in [1.54, 1.807) is 6.07 Å². The highest BCUT2D eigenvalue weighted by atomic mass is 127. The fourth-order valence-corrected chi connectivity index (χ4v) is 3.15. The number of hydrogen-bond acceptors (Lipinski definition) is 2. The maximum absolute atomic E-state index is 12.6. The van der Waals surface area contributed by atoms with Crippen molar-refractivity contribution in [3.05, 3.63) is 62.7 Å². The molecule has 0 fully saturated rings. The highest BCUT2D eigenvalue weighted by molar-refractivity contribution is 14.1. The summed E-state index contributed by atoms with van der Waals surface area (Å²) in [5.41, 5.74) is 3.26. The second kappa shape index (κ2) is 5.97. The lowest BCUT2D eigenvalue weighted by Crippen LogP contribution is -2.10. The molecule has 4 heteroatoms. The monoisotopic (exact) mass is 391 g/mol. The van der Waals surface area contributed by atoms with E-state index in [9.17, 15) is 9.59 Å². The molecule has 3 nitrogen and oxygen atoms in total. The first-order chi connectivity index (χ1) is 10.1. The van der Waals surface area contributed by atoms with E-state index in [0.717, 1.165) is 33.2 Å². The van der Waals surface area contributed by atoms with Crippen LogP contribution in [0.2, 0.25) is 0 Å². The molecule has 0 saturated carbocycles. The number of carbonyl (C=O) groups is 2. The zero-order chi connectivity index (χ0) is 14.8. The van der Waals surface area contributed by atoms with Gasteiger partial charge in [0.1, 0.15) is 0 Å². The van der Waals surface area contributed by atoms with Gasteiger partial charge in [0.05, 0.1) is 0 Å². The van der Waals surface area contributed by atoms with Gasteiger partial charge in [-0.1, -0.05) is 12.1 Å². The van der Waals surface area contributed by atoms with Crippen LogP contribution >= 0.6 is 22.6 Å². The van der Waals surface area contributed by atoms with Crippen LogP contribution in [0, 0.1) is 3.57 Å². The SMILES string of the molecule is O=C1CCCc2cc(C(=O)c3ccccc3I)ccc2N1. The van der Waals surface area contributed by atoms with Crippen LogP contribution in [0.4, 0.5) is 5.69 Å². The number of fused-ring (bicyclic) bond motifs is 1. The Bertz CT molecular complexity index is 724. The Kier molecular flexibility index (Phi) is 4.05. The molecule has 2 aromatic carbocycles. The lowest BCUT2D eigenvalue weighted by Gasteiger charge is -2.09. The fraction of sp³-hybridized carbons (Fsp3) is 0.176. The predicted octanol–water partition coefficient (Wildman–Crippen LogP) is 3.80. The Morgan fingerprint density at radius 1 is 1.10 bits per heavy atom. The van der Waals surface area contributed by atoms with E-state index in [2.05, 4.69) is 27.9 Å². The van der Waals surface area contributed by atoms with E-state index in [0.29, 0.717) is 12.0 Å². The zero-order valence-electron chi connectivity index (χ0n) is 11.4. The minimum Gasteiger partial charge on any atom is -0.326 e. The van der Waals surface area contributed by atoms with Crippen molar-refractivity contribution in [2.24, 2.45) is 0 Å². The van der Waals surface area contributed by atoms with Gasteiger partial charge >= 0.3 is 0 Å². The Hall–Kier alpha value is -1.69. The largest absolute Gasteiger partial charge is 0.326 e. The summed E-state index contributed by atoms with van der Waals surface area (Å²) in [4.78, 5) is 24.2. The topological polar surface area (TPSA) is 46.2 Å². The zero-order valence-corrected chi connectivity index (χ0v) is 13.5. The standard InChI is InChI=1S/C17H14INO2/c18-14-6-2-1-5-13(14)17(21)12-8-9-15-11(10-12)4-3-7-16(20)19-15/h1-2,5-6,8-10H,3-4,7H2,(H,19,20). The summed E-state index contributed by atoms with van der Waals surface area (Å²) in [6, 6.07) is 13.1. The maximum atomic E-state index is 12.6. The van der Waals surface area contributed by atoms with Gasteiger partial charge < -0.3 is 5.32 Å². The number of halogens is 1. The van der Waals surface area contributed by atoms with E-state index in [1.165, 1.54) is 0 Å². The van der Waals surface area contributed by atoms with Crippen LogP contribution in [0.25, 0.3) is 0 Å². The van der Waals surface area contributed by atoms with Crippen molar-refractivity contribution in [3.63, 3.8) is 0 Å². The molecule has 0 aliphatic carbocycles. The van der Waals surface area contributed by atoms with Crippen molar-refractivity contribution in [1.82, 2.24) is 0 Å². The molecule has 1 aliphatic rings. The third-order valence-electron chi connectivity index (χ3n) is 3.61. The summed E-state index contributed by atoms with van der Waals surface area (Å²) < 4.78 is 0.948. The Labute approximate surface area is 136 Å². The van der Waals surface area contributed by atoms with Crippen molar-refractivity contribution >= 4 is 40.0 Å². The smallest absolute Gasteiger partial charge is 0.224 e. The number of ketones is 1. The fourth-order valence-electron chi connectivity index (χ4n) is 2.52. The van der Waals surface area contributed by atoms with E-state index < -0.39 is 0 Å². The molecule has 1 aliphatic heterocycles. The summed E-state index contributed by atoms with van der Waals surface area (Å²) in [5.74, 6) is 0.0730. The number of hydrogen-bond donors (Lipinski definition) is 1. The number of benzene rings is 2. The van der Waals surface area contributed by atoms with Crippen LogP contribution in [0.3, 0.4) is 0 Å². The number of aryl methyl sites for hydroxylation is 1. The molecular weight excluding hydrogens is 377 g/mol. The molecule has 0 unspecified atom stereocenters. The average molecular weight is 391 g/mol. The first kappa shape index (κ1) is 14.3. The number of rotatable bonds is 2. The summed E-state index contributed by atoms with van der Waals surface area (Å²) in [5, 5.41) is 2.89. The Balaban J connectivity index is 1.97. The average Bonchev–Trinajstić information content (AvgIpc) is 2.67. The molecule has 0 radical (unpaired) electrons. The van der Waals surface area contributed by atoms with Crippen LogP contribution < -0.4 is 5.32 Å². The third kappa shape index (κ3) is 3.00. The normalized spacial score (nSPS) is 14.0. The molecule has 1 heterocycles. The number of anilines is 1. The van der Waals surface area contributed by atoms with Crippen molar-refractivity contribution in [2.75, 3.05) is 5.32 Å². The number of amides is 1. The highest BCUT2D eigenvalue weighted by Crippen LogP contribution is 2.25. The van der Waals surface area contributed by atoms with Gasteiger partial charge in [-0.15, -0.1) is 0 Å². The Morgan fingerprint density at radius 2 is 1.90 bits per heavy atom. The molecule has 3 rings (SSSR count). The molecular formula is C17H14INO2. The van der Waals surface area contributed by atoms with E-state index in [4.69, 9.17) is 0 Å². The van der Waals surface area contributed by atoms with Gasteiger partial charge in [-0.05, 0) is 71.3 Å². The molecule has 0 aromatic heterocycles. The first-order valence-electron chi connectivity index (χ1n) is 6.87. The summed E-state index contributed by atoms with van der Waals surface area (Å²) in [7, 11) is 0. The maximum Gasteiger partial charge on any atom is 0.224 e. The minimum absolute atomic E-state index is 0.0263. The second-order valence-electron chi connectivity index (χ2n) is 5.08. The van der Waals surface area contributed by atoms with Gasteiger partial charge in [0.15, 0.2) is 5.78 Å². The quantitative estimate of drug-likeness (QED) is 0.626. The van der Waals surface area contributed by atoms with Crippen LogP contribution in [-0.2, 0) is 11.2 Å². The highest BCUT2D eigenvalue weighted by Gasteiger charge is 2.17. The number of nitrogens with one attached hydrogen (secondary N) is 1. The van der Waals surface area contributed by atoms with Crippen molar-refractivity contribution in [3.8, 4) is 0 Å². The summed E-state index contributed by atoms with van der Waals surface area (Å²) in [6.07, 6.45) is 2.18. The van der Waals surface area contributed by atoms with Gasteiger partial charge in [-0.2, -0.15) is 0 Å². The van der Waals surface area contributed by atoms with Crippen molar-refractivity contribution in [2.45, 2.75) is 19.3 Å². The van der Waals surface area contributed by atoms with Crippen molar-refractivity contribution < 1.29 is 9.59 Å². The molecule has 2 aromatic rings. The third-order valence-corrected chi connectivity index (χ3v) is 4.55. The van der Waals surface area contributed by atoms with Gasteiger partial charge in [0.2, 0.25) is 5.91 Å². The van der Waals surface area contributed by atoms with Crippen molar-refractivity contribution in [1.29, 1.82) is 0 Å². The lowest BCUT2D eigenvalue weighted by atomic mass is 9.98. The van der Waals surface area contributed by atoms with Gasteiger partial charge in [-0.25, -0.2) is 0 Å². The van der Waals surface area contributed by atoms with E-state index >= 15 is 0 Å². The molecule has 0 atom stereocenters. The molecule has 1 N–H and O–H groups in total. The minimum atomic E-state index is 0.0263. The second-order valence-corrected chi connectivity index (χ2v) is 6.24. The predicted molar refractivity (Wildman–Crippen MR) is 90.6 cm³/mol. The Morgan fingerprint density at radius 3 is 2.71 bits per heavy atom. The first-order valence-corrected chi connectivity index (χ1v) is 7.95. The molecule has 0 bridgehead atoms. The van der Waals surface area contributed by atoms with Crippen LogP contribution in [-0.4, -0.2) is 11.7 Å². The van der Waals surface area contributed by atoms with E-state index in [-0.39, 0.29) is 11.7 Å². The molecule has 1 amide bonds. The van der Waals surface area contributed by atoms with Crippen LogP contribution in [0.1, 0.15) is 34.3 Å². The molecule has 106 valence electrons. The summed E-state index contributed by atoms with van der Waals surface area (Å²) >= 11 is 2.18. The van der Waals surface area contributed by atoms with Gasteiger partial charge in [0, 0.05) is 26.8 Å². The molecule has 0 saturated heterocycles. The molecule has 21 heavy (non-hydrogen) atoms.